The van der Waals surface area contributed by atoms with E-state index in [1.165, 1.54) is 70.6 Å². The SMILES string of the molecule is CC(C)CCC[C@H](C)[C@H]1CC[C@H]2[C@@H]3[C@@H](O)C[C@H]4CCCC[C@]4(C)[C@H]3CC[C@]12C. The molecule has 4 saturated carbocycles. The number of aliphatic hydroxyl groups is 1. The van der Waals surface area contributed by atoms with E-state index in [-0.39, 0.29) is 6.10 Å². The smallest absolute Gasteiger partial charge is 0.0577 e. The van der Waals surface area contributed by atoms with Crippen LogP contribution in [0.4, 0.5) is 0 Å². The fraction of sp³-hybridized carbons (Fsp3) is 1.00. The first-order valence-corrected chi connectivity index (χ1v) is 13.0. The van der Waals surface area contributed by atoms with Gasteiger partial charge in [0.15, 0.2) is 0 Å². The van der Waals surface area contributed by atoms with Crippen molar-refractivity contribution in [3.8, 4) is 0 Å². The maximum absolute atomic E-state index is 11.3. The number of aliphatic hydroxyl groups excluding tert-OH is 1. The van der Waals surface area contributed by atoms with Crippen molar-refractivity contribution in [2.45, 2.75) is 118 Å². The summed E-state index contributed by atoms with van der Waals surface area (Å²) < 4.78 is 0. The molecule has 28 heavy (non-hydrogen) atoms. The van der Waals surface area contributed by atoms with Crippen molar-refractivity contribution >= 4 is 0 Å². The first-order chi connectivity index (χ1) is 13.3. The van der Waals surface area contributed by atoms with Crippen LogP contribution in [0.15, 0.2) is 0 Å². The summed E-state index contributed by atoms with van der Waals surface area (Å²) in [5, 5.41) is 11.3. The first kappa shape index (κ1) is 21.2. The standard InChI is InChI=1S/C27H48O/c1-18(2)9-8-10-19(3)21-12-13-22-25-23(14-16-27(21,22)5)26(4)15-7-6-11-20(26)17-24(25)28/h18-25,28H,6-17H2,1-5H3/t19-,20+,21+,22-,23-,24-,25-,26-,27+/m0/s1. The zero-order valence-corrected chi connectivity index (χ0v) is 19.6. The molecule has 0 aromatic heterocycles. The third kappa shape index (κ3) is 3.40. The number of fused-ring (bicyclic) bond motifs is 5. The molecule has 0 bridgehead atoms. The van der Waals surface area contributed by atoms with Gasteiger partial charge in [0.1, 0.15) is 0 Å². The van der Waals surface area contributed by atoms with Gasteiger partial charge in [-0.05, 0) is 97.2 Å². The average Bonchev–Trinajstić information content (AvgIpc) is 2.99. The van der Waals surface area contributed by atoms with Crippen molar-refractivity contribution in [3.63, 3.8) is 0 Å². The third-order valence-corrected chi connectivity index (χ3v) is 10.8. The zero-order chi connectivity index (χ0) is 20.1. The van der Waals surface area contributed by atoms with Crippen LogP contribution in [0, 0.1) is 52.3 Å². The second kappa shape index (κ2) is 7.90. The molecule has 0 unspecified atom stereocenters. The summed E-state index contributed by atoms with van der Waals surface area (Å²) in [6, 6.07) is 0. The van der Waals surface area contributed by atoms with Crippen molar-refractivity contribution in [1.82, 2.24) is 0 Å². The lowest BCUT2D eigenvalue weighted by molar-refractivity contribution is -0.164. The van der Waals surface area contributed by atoms with Gasteiger partial charge in [-0.15, -0.1) is 0 Å². The monoisotopic (exact) mass is 388 g/mol. The highest BCUT2D eigenvalue weighted by molar-refractivity contribution is 5.11. The van der Waals surface area contributed by atoms with Gasteiger partial charge in [0.05, 0.1) is 6.10 Å². The van der Waals surface area contributed by atoms with E-state index >= 15 is 0 Å². The minimum Gasteiger partial charge on any atom is -0.393 e. The van der Waals surface area contributed by atoms with Gasteiger partial charge in [-0.2, -0.15) is 0 Å². The first-order valence-electron chi connectivity index (χ1n) is 13.0. The summed E-state index contributed by atoms with van der Waals surface area (Å²) in [4.78, 5) is 0. The molecule has 0 heterocycles. The van der Waals surface area contributed by atoms with Gasteiger partial charge >= 0.3 is 0 Å². The molecule has 162 valence electrons. The molecular formula is C27H48O. The van der Waals surface area contributed by atoms with Crippen LogP contribution < -0.4 is 0 Å². The molecule has 0 aromatic carbocycles. The van der Waals surface area contributed by atoms with E-state index < -0.39 is 0 Å². The van der Waals surface area contributed by atoms with Crippen molar-refractivity contribution in [2.24, 2.45) is 52.3 Å². The van der Waals surface area contributed by atoms with Gasteiger partial charge < -0.3 is 5.11 Å². The normalized spacial score (nSPS) is 49.4. The van der Waals surface area contributed by atoms with Gasteiger partial charge in [-0.3, -0.25) is 0 Å². The van der Waals surface area contributed by atoms with E-state index in [0.29, 0.717) is 16.7 Å². The highest BCUT2D eigenvalue weighted by atomic mass is 16.3. The molecule has 0 spiro atoms. The Kier molecular flexibility index (Phi) is 5.98. The second-order valence-electron chi connectivity index (χ2n) is 12.6. The Morgan fingerprint density at radius 3 is 2.36 bits per heavy atom. The topological polar surface area (TPSA) is 20.2 Å². The quantitative estimate of drug-likeness (QED) is 0.518. The van der Waals surface area contributed by atoms with Crippen LogP contribution in [0.1, 0.15) is 112 Å². The van der Waals surface area contributed by atoms with Crippen LogP contribution >= 0.6 is 0 Å². The Balaban J connectivity index is 1.50. The molecule has 4 aliphatic rings. The van der Waals surface area contributed by atoms with Gasteiger partial charge in [0, 0.05) is 0 Å². The van der Waals surface area contributed by atoms with E-state index in [1.807, 2.05) is 0 Å². The summed E-state index contributed by atoms with van der Waals surface area (Å²) in [5.41, 5.74) is 1.03. The van der Waals surface area contributed by atoms with Crippen LogP contribution in [0.5, 0.6) is 0 Å². The minimum atomic E-state index is -0.0132. The largest absolute Gasteiger partial charge is 0.393 e. The Hall–Kier alpha value is -0.0400. The lowest BCUT2D eigenvalue weighted by Gasteiger charge is -2.62. The molecule has 1 nitrogen and oxygen atoms in total. The fourth-order valence-electron chi connectivity index (χ4n) is 9.28. The molecule has 0 saturated heterocycles. The average molecular weight is 389 g/mol. The molecule has 0 aliphatic heterocycles. The van der Waals surface area contributed by atoms with Crippen molar-refractivity contribution < 1.29 is 5.11 Å². The second-order valence-corrected chi connectivity index (χ2v) is 12.6. The van der Waals surface area contributed by atoms with Gasteiger partial charge in [-0.25, -0.2) is 0 Å². The summed E-state index contributed by atoms with van der Waals surface area (Å²) >= 11 is 0. The summed E-state index contributed by atoms with van der Waals surface area (Å²) in [6.07, 6.45) is 16.6. The zero-order valence-electron chi connectivity index (χ0n) is 19.6. The van der Waals surface area contributed by atoms with E-state index in [1.54, 1.807) is 0 Å². The van der Waals surface area contributed by atoms with Crippen LogP contribution in [-0.2, 0) is 0 Å². The molecular weight excluding hydrogens is 340 g/mol. The summed E-state index contributed by atoms with van der Waals surface area (Å²) in [6.45, 7) is 12.6. The third-order valence-electron chi connectivity index (χ3n) is 10.8. The van der Waals surface area contributed by atoms with Crippen molar-refractivity contribution in [1.29, 1.82) is 0 Å². The molecule has 4 rings (SSSR count). The van der Waals surface area contributed by atoms with Crippen LogP contribution in [-0.4, -0.2) is 11.2 Å². The van der Waals surface area contributed by atoms with Gasteiger partial charge in [-0.1, -0.05) is 66.7 Å². The highest BCUT2D eigenvalue weighted by Gasteiger charge is 2.62. The Morgan fingerprint density at radius 1 is 0.857 bits per heavy atom. The van der Waals surface area contributed by atoms with Gasteiger partial charge in [0.25, 0.3) is 0 Å². The van der Waals surface area contributed by atoms with Crippen LogP contribution in [0.3, 0.4) is 0 Å². The number of hydrogen-bond acceptors (Lipinski definition) is 1. The van der Waals surface area contributed by atoms with Crippen molar-refractivity contribution in [2.75, 3.05) is 0 Å². The Bertz CT molecular complexity index is 540. The highest BCUT2D eigenvalue weighted by Crippen LogP contribution is 2.68. The minimum absolute atomic E-state index is 0.0132. The van der Waals surface area contributed by atoms with Crippen molar-refractivity contribution in [3.05, 3.63) is 0 Å². The Morgan fingerprint density at radius 2 is 1.61 bits per heavy atom. The molecule has 9 atom stereocenters. The molecule has 1 N–H and O–H groups in total. The number of rotatable bonds is 5. The lowest BCUT2D eigenvalue weighted by Crippen LogP contribution is -2.57. The van der Waals surface area contributed by atoms with E-state index in [4.69, 9.17) is 0 Å². The maximum Gasteiger partial charge on any atom is 0.0577 e. The predicted octanol–water partition coefficient (Wildman–Crippen LogP) is 7.47. The maximum atomic E-state index is 11.3. The van der Waals surface area contributed by atoms with E-state index in [0.717, 1.165) is 41.9 Å². The predicted molar refractivity (Wildman–Crippen MR) is 119 cm³/mol. The lowest BCUT2D eigenvalue weighted by atomic mass is 9.44. The molecule has 4 fully saturated rings. The summed E-state index contributed by atoms with van der Waals surface area (Å²) in [5.74, 6) is 5.60. The van der Waals surface area contributed by atoms with Crippen LogP contribution in [0.2, 0.25) is 0 Å². The summed E-state index contributed by atoms with van der Waals surface area (Å²) in [7, 11) is 0. The molecule has 0 radical (unpaired) electrons. The molecule has 0 aromatic rings. The fourth-order valence-corrected chi connectivity index (χ4v) is 9.28. The van der Waals surface area contributed by atoms with Gasteiger partial charge in [0.2, 0.25) is 0 Å². The van der Waals surface area contributed by atoms with E-state index in [2.05, 4.69) is 34.6 Å². The van der Waals surface area contributed by atoms with E-state index in [9.17, 15) is 5.11 Å². The molecule has 1 heteroatoms. The van der Waals surface area contributed by atoms with Crippen LogP contribution in [0.25, 0.3) is 0 Å². The molecule has 0 amide bonds. The number of hydrogen-bond donors (Lipinski definition) is 1. The Labute approximate surface area is 175 Å². The molecule has 4 aliphatic carbocycles.